The quantitative estimate of drug-likeness (QED) is 0.368. The topological polar surface area (TPSA) is 147 Å². The van der Waals surface area contributed by atoms with Gasteiger partial charge in [-0.05, 0) is 68.9 Å². The van der Waals surface area contributed by atoms with Gasteiger partial charge in [0, 0.05) is 0 Å². The predicted molar refractivity (Wildman–Crippen MR) is 157 cm³/mol. The number of aliphatic hydroxyl groups is 1. The maximum absolute atomic E-state index is 16.0. The molecule has 12 nitrogen and oxygen atoms in total. The van der Waals surface area contributed by atoms with E-state index in [0.717, 1.165) is 30.8 Å². The lowest BCUT2D eigenvalue weighted by Crippen LogP contribution is -2.43. The van der Waals surface area contributed by atoms with Crippen molar-refractivity contribution in [2.45, 2.75) is 83.0 Å². The van der Waals surface area contributed by atoms with Crippen LogP contribution in [0.3, 0.4) is 0 Å². The number of fused-ring (bicyclic) bond motifs is 6. The van der Waals surface area contributed by atoms with Gasteiger partial charge in [-0.25, -0.2) is 13.8 Å². The van der Waals surface area contributed by atoms with Gasteiger partial charge < -0.3 is 23.8 Å². The SMILES string of the molecule is CC(C)C[C@H]1NP(=O)(Oc2ccccc2)OC[C@H]2O[C@@H](n3cc(cnc3=O)OCC3CC3CCCCOC1=O)[C@](C)(F)[C@@H]2O. The van der Waals surface area contributed by atoms with E-state index in [-0.39, 0.29) is 30.4 Å². The van der Waals surface area contributed by atoms with Crippen LogP contribution in [-0.4, -0.2) is 64.4 Å². The number of cyclic esters (lactones) is 1. The molecule has 0 spiro atoms. The van der Waals surface area contributed by atoms with Gasteiger partial charge in [-0.15, -0.1) is 0 Å². The minimum Gasteiger partial charge on any atom is -0.490 e. The number of nitrogens with zero attached hydrogens (tertiary/aromatic N) is 2. The lowest BCUT2D eigenvalue weighted by molar-refractivity contribution is -0.146. The molecular weight excluding hydrogens is 596 g/mol. The number of ether oxygens (including phenoxy) is 3. The summed E-state index contributed by atoms with van der Waals surface area (Å²) in [5.74, 6) is 0.687. The number of aromatic nitrogens is 2. The van der Waals surface area contributed by atoms with Crippen molar-refractivity contribution in [1.29, 1.82) is 0 Å². The Hall–Kier alpha value is -2.83. The number of benzene rings is 1. The number of carbonyl (C=O) groups excluding carboxylic acids is 1. The highest BCUT2D eigenvalue weighted by Crippen LogP contribution is 2.48. The van der Waals surface area contributed by atoms with Gasteiger partial charge in [0.1, 0.15) is 24.0 Å². The molecule has 1 aromatic heterocycles. The number of aliphatic hydroxyl groups excluding tert-OH is 1. The van der Waals surface area contributed by atoms with Crippen LogP contribution in [0.2, 0.25) is 0 Å². The lowest BCUT2D eigenvalue weighted by Gasteiger charge is -2.27. The second-order valence-electron chi connectivity index (χ2n) is 12.3. The zero-order chi connectivity index (χ0) is 31.5. The molecule has 2 aromatic rings. The first-order valence-electron chi connectivity index (χ1n) is 15.1. The maximum atomic E-state index is 16.0. The number of rotatable bonds is 4. The number of hydrogen-bond donors (Lipinski definition) is 2. The zero-order valence-corrected chi connectivity index (χ0v) is 26.1. The molecule has 0 amide bonds. The molecule has 4 bridgehead atoms. The molecule has 2 N–H and O–H groups in total. The Morgan fingerprint density at radius 3 is 2.70 bits per heavy atom. The monoisotopic (exact) mass is 637 g/mol. The second kappa shape index (κ2) is 13.7. The Kier molecular flexibility index (Phi) is 10.1. The summed E-state index contributed by atoms with van der Waals surface area (Å²) in [6.07, 6.45) is 1.61. The Morgan fingerprint density at radius 2 is 1.95 bits per heavy atom. The lowest BCUT2D eigenvalue weighted by atomic mass is 9.98. The van der Waals surface area contributed by atoms with Crippen molar-refractivity contribution < 1.29 is 42.1 Å². The normalized spacial score (nSPS) is 35.1. The number of carbonyl (C=O) groups is 1. The van der Waals surface area contributed by atoms with E-state index in [9.17, 15) is 19.3 Å². The van der Waals surface area contributed by atoms with Crippen molar-refractivity contribution in [3.05, 3.63) is 53.2 Å². The van der Waals surface area contributed by atoms with Crippen molar-refractivity contribution in [3.8, 4) is 11.5 Å². The molecule has 2 fully saturated rings. The van der Waals surface area contributed by atoms with E-state index in [0.29, 0.717) is 24.9 Å². The first kappa shape index (κ1) is 32.6. The molecule has 1 aliphatic carbocycles. The number of para-hydroxylation sites is 1. The van der Waals surface area contributed by atoms with Gasteiger partial charge in [0.15, 0.2) is 17.6 Å². The molecule has 3 unspecified atom stereocenters. The first-order valence-corrected chi connectivity index (χ1v) is 16.7. The third-order valence-corrected chi connectivity index (χ3v) is 9.76. The van der Waals surface area contributed by atoms with E-state index >= 15 is 4.39 Å². The van der Waals surface area contributed by atoms with Crippen LogP contribution in [-0.2, 0) is 23.4 Å². The molecule has 0 radical (unpaired) electrons. The summed E-state index contributed by atoms with van der Waals surface area (Å²) < 4.78 is 59.9. The minimum atomic E-state index is -4.35. The number of halogens is 1. The van der Waals surface area contributed by atoms with Gasteiger partial charge in [0.05, 0.1) is 32.2 Å². The first-order chi connectivity index (χ1) is 20.9. The highest BCUT2D eigenvalue weighted by Gasteiger charge is 2.56. The molecular formula is C30H41FN3O9P. The molecule has 1 saturated carbocycles. The standard InChI is InChI=1S/C30H41FN3O9P/c1-19(2)13-24-27(36)39-12-8-7-9-20-14-21(20)17-40-23-15-32-29(37)34(16-23)28-30(3,31)26(35)25(42-28)18-41-44(38,33-24)43-22-10-5-4-6-11-22/h4-6,10-11,15-16,19-21,24-26,28,35H,7-9,12-14,17-18H2,1-3H3,(H,33,38)/t20?,21?,24-,25-,26-,28-,30-,44?/m1/s1. The van der Waals surface area contributed by atoms with Crippen molar-refractivity contribution in [1.82, 2.24) is 14.6 Å². The molecule has 2 aliphatic heterocycles. The van der Waals surface area contributed by atoms with Crippen molar-refractivity contribution in [2.75, 3.05) is 19.8 Å². The zero-order valence-electron chi connectivity index (χ0n) is 25.2. The summed E-state index contributed by atoms with van der Waals surface area (Å²) in [5.41, 5.74) is -3.25. The van der Waals surface area contributed by atoms with Crippen LogP contribution < -0.4 is 20.0 Å². The Labute approximate surface area is 255 Å². The Balaban J connectivity index is 1.43. The van der Waals surface area contributed by atoms with E-state index in [1.165, 1.54) is 12.4 Å². The fourth-order valence-electron chi connectivity index (χ4n) is 5.60. The van der Waals surface area contributed by atoms with E-state index in [1.54, 1.807) is 30.3 Å². The number of esters is 1. The molecule has 242 valence electrons. The molecule has 1 aromatic carbocycles. The number of hydrogen-bond acceptors (Lipinski definition) is 10. The third-order valence-electron chi connectivity index (χ3n) is 8.19. The molecule has 3 aliphatic rings. The fraction of sp³-hybridized carbons (Fsp3) is 0.633. The predicted octanol–water partition coefficient (Wildman–Crippen LogP) is 4.18. The van der Waals surface area contributed by atoms with Crippen LogP contribution in [0.1, 0.15) is 59.1 Å². The molecule has 14 heteroatoms. The van der Waals surface area contributed by atoms with Crippen molar-refractivity contribution in [2.24, 2.45) is 17.8 Å². The Morgan fingerprint density at radius 1 is 1.18 bits per heavy atom. The van der Waals surface area contributed by atoms with Crippen LogP contribution >= 0.6 is 7.75 Å². The van der Waals surface area contributed by atoms with Gasteiger partial charge in [-0.2, -0.15) is 10.1 Å². The highest BCUT2D eigenvalue weighted by atomic mass is 31.2. The van der Waals surface area contributed by atoms with E-state index in [2.05, 4.69) is 10.1 Å². The van der Waals surface area contributed by atoms with Gasteiger partial charge in [-0.3, -0.25) is 13.9 Å². The number of alkyl halides is 1. The third kappa shape index (κ3) is 7.87. The number of nitrogens with one attached hydrogen (secondary N) is 1. The summed E-state index contributed by atoms with van der Waals surface area (Å²) in [6, 6.07) is 7.19. The second-order valence-corrected chi connectivity index (χ2v) is 14.0. The van der Waals surface area contributed by atoms with Crippen LogP contribution in [0.15, 0.2) is 47.5 Å². The molecule has 8 atom stereocenters. The summed E-state index contributed by atoms with van der Waals surface area (Å²) in [4.78, 5) is 29.7. The van der Waals surface area contributed by atoms with Gasteiger partial charge in [0.2, 0.25) is 0 Å². The van der Waals surface area contributed by atoms with Crippen molar-refractivity contribution >= 4 is 13.7 Å². The average molecular weight is 638 g/mol. The molecule has 1 saturated heterocycles. The largest absolute Gasteiger partial charge is 0.490 e. The average Bonchev–Trinajstić information content (AvgIpc) is 3.69. The fourth-order valence-corrected chi connectivity index (χ4v) is 7.12. The Bertz CT molecular complexity index is 1390. The molecule has 3 heterocycles. The van der Waals surface area contributed by atoms with Gasteiger partial charge >= 0.3 is 19.4 Å². The summed E-state index contributed by atoms with van der Waals surface area (Å²) in [7, 11) is -4.35. The van der Waals surface area contributed by atoms with Gasteiger partial charge in [0.25, 0.3) is 0 Å². The van der Waals surface area contributed by atoms with Crippen molar-refractivity contribution in [3.63, 3.8) is 0 Å². The van der Waals surface area contributed by atoms with E-state index in [4.69, 9.17) is 23.3 Å². The van der Waals surface area contributed by atoms with Crippen LogP contribution in [0.25, 0.3) is 0 Å². The van der Waals surface area contributed by atoms with E-state index < -0.39 is 56.2 Å². The summed E-state index contributed by atoms with van der Waals surface area (Å²) >= 11 is 0. The van der Waals surface area contributed by atoms with Crippen LogP contribution in [0.4, 0.5) is 4.39 Å². The summed E-state index contributed by atoms with van der Waals surface area (Å²) in [5, 5.41) is 13.7. The molecule has 44 heavy (non-hydrogen) atoms. The van der Waals surface area contributed by atoms with E-state index in [1.807, 2.05) is 13.8 Å². The minimum absolute atomic E-state index is 0.0180. The molecule has 5 rings (SSSR count). The summed E-state index contributed by atoms with van der Waals surface area (Å²) in [6.45, 7) is 4.94. The smallest absolute Gasteiger partial charge is 0.459 e. The van der Waals surface area contributed by atoms with Crippen LogP contribution in [0.5, 0.6) is 11.5 Å². The maximum Gasteiger partial charge on any atom is 0.459 e. The highest BCUT2D eigenvalue weighted by molar-refractivity contribution is 7.52. The van der Waals surface area contributed by atoms with Gasteiger partial charge in [-0.1, -0.05) is 32.0 Å². The van der Waals surface area contributed by atoms with Crippen LogP contribution in [0, 0.1) is 17.8 Å².